The first kappa shape index (κ1) is 10.1. The van der Waals surface area contributed by atoms with Gasteiger partial charge in [0.25, 0.3) is 0 Å². The van der Waals surface area contributed by atoms with Gasteiger partial charge in [0.2, 0.25) is 0 Å². The van der Waals surface area contributed by atoms with Gasteiger partial charge in [0, 0.05) is 5.69 Å². The van der Waals surface area contributed by atoms with Crippen LogP contribution in [0.25, 0.3) is 0 Å². The van der Waals surface area contributed by atoms with Crippen LogP contribution in [0.1, 0.15) is 31.4 Å². The molecule has 0 amide bonds. The molecule has 1 aromatic rings. The van der Waals surface area contributed by atoms with Gasteiger partial charge in [-0.05, 0) is 42.9 Å². The summed E-state index contributed by atoms with van der Waals surface area (Å²) in [5, 5.41) is 0. The van der Waals surface area contributed by atoms with Crippen LogP contribution < -0.4 is 5.73 Å². The monoisotopic (exact) mass is 177 g/mol. The van der Waals surface area contributed by atoms with Gasteiger partial charge < -0.3 is 5.73 Å². The number of aryl methyl sites for hydroxylation is 1. The highest BCUT2D eigenvalue weighted by Gasteiger charge is 2.02. The summed E-state index contributed by atoms with van der Waals surface area (Å²) in [5.41, 5.74) is 9.39. The van der Waals surface area contributed by atoms with Crippen LogP contribution >= 0.6 is 0 Å². The van der Waals surface area contributed by atoms with Crippen molar-refractivity contribution >= 4 is 5.69 Å². The summed E-state index contributed by atoms with van der Waals surface area (Å²) in [6.07, 6.45) is 2.39. The molecule has 1 heteroatoms. The Morgan fingerprint density at radius 3 is 2.62 bits per heavy atom. The van der Waals surface area contributed by atoms with Gasteiger partial charge in [0.15, 0.2) is 0 Å². The first-order chi connectivity index (χ1) is 6.11. The molecule has 0 aliphatic rings. The topological polar surface area (TPSA) is 26.0 Å². The van der Waals surface area contributed by atoms with Gasteiger partial charge in [-0.3, -0.25) is 0 Å². The molecule has 0 saturated heterocycles. The van der Waals surface area contributed by atoms with Crippen LogP contribution in [0.3, 0.4) is 0 Å². The van der Waals surface area contributed by atoms with Crippen molar-refractivity contribution in [3.63, 3.8) is 0 Å². The highest BCUT2D eigenvalue weighted by molar-refractivity contribution is 5.49. The van der Waals surface area contributed by atoms with Crippen LogP contribution in [0.2, 0.25) is 0 Å². The first-order valence-corrected chi connectivity index (χ1v) is 4.95. The predicted octanol–water partition coefficient (Wildman–Crippen LogP) is 3.17. The van der Waals surface area contributed by atoms with Crippen molar-refractivity contribution < 1.29 is 0 Å². The average molecular weight is 177 g/mol. The van der Waals surface area contributed by atoms with Crippen LogP contribution in [-0.2, 0) is 6.42 Å². The van der Waals surface area contributed by atoms with Crippen LogP contribution in [-0.4, -0.2) is 0 Å². The normalized spacial score (nSPS) is 10.8. The second kappa shape index (κ2) is 4.31. The minimum Gasteiger partial charge on any atom is -0.399 e. The van der Waals surface area contributed by atoms with Gasteiger partial charge in [-0.25, -0.2) is 0 Å². The lowest BCUT2D eigenvalue weighted by molar-refractivity contribution is 0.586. The molecule has 1 aromatic carbocycles. The van der Waals surface area contributed by atoms with Crippen LogP contribution in [0.4, 0.5) is 5.69 Å². The molecule has 0 spiro atoms. The Morgan fingerprint density at radius 1 is 1.31 bits per heavy atom. The maximum absolute atomic E-state index is 5.83. The molecule has 0 heterocycles. The van der Waals surface area contributed by atoms with Gasteiger partial charge in [0.1, 0.15) is 0 Å². The molecule has 0 bridgehead atoms. The Kier molecular flexibility index (Phi) is 3.35. The Labute approximate surface area is 81.0 Å². The number of rotatable bonds is 3. The Bertz CT molecular complexity index is 276. The van der Waals surface area contributed by atoms with Gasteiger partial charge in [0.05, 0.1) is 0 Å². The summed E-state index contributed by atoms with van der Waals surface area (Å²) in [6.45, 7) is 6.61. The molecular formula is C12H19N. The van der Waals surface area contributed by atoms with E-state index in [0.717, 1.165) is 18.0 Å². The molecule has 0 aliphatic heterocycles. The fourth-order valence-electron chi connectivity index (χ4n) is 1.42. The van der Waals surface area contributed by atoms with Crippen molar-refractivity contribution in [3.8, 4) is 0 Å². The fraction of sp³-hybridized carbons (Fsp3) is 0.500. The summed E-state index contributed by atoms with van der Waals surface area (Å²) in [6, 6.07) is 6.18. The maximum atomic E-state index is 5.83. The third-order valence-electron chi connectivity index (χ3n) is 2.48. The van der Waals surface area contributed by atoms with Gasteiger partial charge in [-0.15, -0.1) is 0 Å². The van der Waals surface area contributed by atoms with E-state index in [1.165, 1.54) is 17.5 Å². The number of hydrogen-bond acceptors (Lipinski definition) is 1. The van der Waals surface area contributed by atoms with E-state index in [1.54, 1.807) is 0 Å². The summed E-state index contributed by atoms with van der Waals surface area (Å²) in [7, 11) is 0. The average Bonchev–Trinajstić information content (AvgIpc) is 2.07. The van der Waals surface area contributed by atoms with Crippen LogP contribution in [0.15, 0.2) is 18.2 Å². The van der Waals surface area contributed by atoms with E-state index in [0.29, 0.717) is 0 Å². The Morgan fingerprint density at radius 2 is 2.00 bits per heavy atom. The number of anilines is 1. The van der Waals surface area contributed by atoms with Crippen LogP contribution in [0.5, 0.6) is 0 Å². The number of benzene rings is 1. The number of nitrogens with two attached hydrogens (primary N) is 1. The zero-order chi connectivity index (χ0) is 9.84. The molecule has 0 atom stereocenters. The molecule has 0 unspecified atom stereocenters. The summed E-state index contributed by atoms with van der Waals surface area (Å²) in [4.78, 5) is 0. The molecule has 1 rings (SSSR count). The Hall–Kier alpha value is -0.980. The summed E-state index contributed by atoms with van der Waals surface area (Å²) in [5.74, 6) is 0.765. The zero-order valence-electron chi connectivity index (χ0n) is 8.80. The molecule has 2 N–H and O–H groups in total. The van der Waals surface area contributed by atoms with Crippen molar-refractivity contribution in [2.24, 2.45) is 5.92 Å². The third-order valence-corrected chi connectivity index (χ3v) is 2.48. The molecule has 0 aliphatic carbocycles. The standard InChI is InChI=1S/C12H19N/c1-9(2)7-8-11-5-4-6-12(13)10(11)3/h4-6,9H,7-8,13H2,1-3H3. The predicted molar refractivity (Wildman–Crippen MR) is 58.8 cm³/mol. The van der Waals surface area contributed by atoms with E-state index in [1.807, 2.05) is 12.1 Å². The number of hydrogen-bond donors (Lipinski definition) is 1. The second-order valence-corrected chi connectivity index (χ2v) is 4.06. The minimum atomic E-state index is 0.765. The Balaban J connectivity index is 2.71. The highest BCUT2D eigenvalue weighted by atomic mass is 14.6. The highest BCUT2D eigenvalue weighted by Crippen LogP contribution is 2.18. The SMILES string of the molecule is Cc1c(N)cccc1CCC(C)C. The van der Waals surface area contributed by atoms with Gasteiger partial charge >= 0.3 is 0 Å². The molecule has 0 saturated carbocycles. The van der Waals surface area contributed by atoms with Crippen molar-refractivity contribution in [1.29, 1.82) is 0 Å². The zero-order valence-corrected chi connectivity index (χ0v) is 8.80. The molecule has 0 radical (unpaired) electrons. The van der Waals surface area contributed by atoms with Crippen molar-refractivity contribution in [2.75, 3.05) is 5.73 Å². The van der Waals surface area contributed by atoms with Gasteiger partial charge in [-0.1, -0.05) is 26.0 Å². The van der Waals surface area contributed by atoms with E-state index in [4.69, 9.17) is 5.73 Å². The molecule has 72 valence electrons. The molecular weight excluding hydrogens is 158 g/mol. The largest absolute Gasteiger partial charge is 0.399 e. The lowest BCUT2D eigenvalue weighted by atomic mass is 9.98. The fourth-order valence-corrected chi connectivity index (χ4v) is 1.42. The lowest BCUT2D eigenvalue weighted by Crippen LogP contribution is -1.97. The third kappa shape index (κ3) is 2.76. The van der Waals surface area contributed by atoms with Crippen molar-refractivity contribution in [1.82, 2.24) is 0 Å². The van der Waals surface area contributed by atoms with Crippen LogP contribution in [0, 0.1) is 12.8 Å². The van der Waals surface area contributed by atoms with E-state index in [-0.39, 0.29) is 0 Å². The summed E-state index contributed by atoms with van der Waals surface area (Å²) < 4.78 is 0. The maximum Gasteiger partial charge on any atom is 0.0346 e. The smallest absolute Gasteiger partial charge is 0.0346 e. The quantitative estimate of drug-likeness (QED) is 0.705. The van der Waals surface area contributed by atoms with Crippen molar-refractivity contribution in [2.45, 2.75) is 33.6 Å². The summed E-state index contributed by atoms with van der Waals surface area (Å²) >= 11 is 0. The second-order valence-electron chi connectivity index (χ2n) is 4.06. The minimum absolute atomic E-state index is 0.765. The van der Waals surface area contributed by atoms with E-state index >= 15 is 0 Å². The van der Waals surface area contributed by atoms with E-state index < -0.39 is 0 Å². The lowest BCUT2D eigenvalue weighted by Gasteiger charge is -2.09. The first-order valence-electron chi connectivity index (χ1n) is 4.95. The van der Waals surface area contributed by atoms with Crippen molar-refractivity contribution in [3.05, 3.63) is 29.3 Å². The van der Waals surface area contributed by atoms with E-state index in [9.17, 15) is 0 Å². The molecule has 0 aromatic heterocycles. The van der Waals surface area contributed by atoms with Gasteiger partial charge in [-0.2, -0.15) is 0 Å². The van der Waals surface area contributed by atoms with E-state index in [2.05, 4.69) is 26.8 Å². The molecule has 1 nitrogen and oxygen atoms in total. The molecule has 0 fully saturated rings. The molecule has 13 heavy (non-hydrogen) atoms. The number of nitrogen functional groups attached to an aromatic ring is 1.